The molecule has 4 aliphatic carbocycles. The molecule has 2 heteroatoms. The molecule has 6 aliphatic rings. The summed E-state index contributed by atoms with van der Waals surface area (Å²) >= 11 is 0. The Bertz CT molecular complexity index is 2160. The lowest BCUT2D eigenvalue weighted by Gasteiger charge is -2.40. The fourth-order valence-corrected chi connectivity index (χ4v) is 10.2. The third kappa shape index (κ3) is 5.06. The first kappa shape index (κ1) is 30.7. The minimum Gasteiger partial charge on any atom is -0.361 e. The lowest BCUT2D eigenvalue weighted by Crippen LogP contribution is -2.43. The minimum atomic E-state index is -0.107. The van der Waals surface area contributed by atoms with E-state index in [4.69, 9.17) is 0 Å². The Morgan fingerprint density at radius 3 is 2.47 bits per heavy atom. The number of hydrogen-bond acceptors (Lipinski definition) is 2. The summed E-state index contributed by atoms with van der Waals surface area (Å²) in [5.41, 5.74) is 12.3. The third-order valence-electron chi connectivity index (χ3n) is 12.9. The van der Waals surface area contributed by atoms with Crippen molar-refractivity contribution < 1.29 is 0 Å². The van der Waals surface area contributed by atoms with Crippen molar-refractivity contribution in [1.82, 2.24) is 0 Å². The van der Waals surface area contributed by atoms with Crippen LogP contribution in [0.1, 0.15) is 67.6 Å². The van der Waals surface area contributed by atoms with E-state index in [1.165, 1.54) is 64.1 Å². The molecule has 7 atom stereocenters. The van der Waals surface area contributed by atoms with Gasteiger partial charge in [-0.3, -0.25) is 0 Å². The van der Waals surface area contributed by atoms with Gasteiger partial charge in [0.1, 0.15) is 0 Å². The van der Waals surface area contributed by atoms with Gasteiger partial charge in [-0.2, -0.15) is 0 Å². The number of benzene rings is 4. The van der Waals surface area contributed by atoms with Crippen molar-refractivity contribution in [1.29, 1.82) is 0 Å². The summed E-state index contributed by atoms with van der Waals surface area (Å²) < 4.78 is 0. The maximum absolute atomic E-state index is 2.79. The zero-order valence-corrected chi connectivity index (χ0v) is 29.5. The number of allylic oxidation sites excluding steroid dienone is 7. The zero-order valence-electron chi connectivity index (χ0n) is 29.5. The molecule has 2 heterocycles. The van der Waals surface area contributed by atoms with Crippen LogP contribution in [0, 0.1) is 5.92 Å². The molecule has 252 valence electrons. The molecule has 6 unspecified atom stereocenters. The van der Waals surface area contributed by atoms with Gasteiger partial charge in [-0.15, -0.1) is 0 Å². The molecule has 51 heavy (non-hydrogen) atoms. The van der Waals surface area contributed by atoms with Crippen LogP contribution in [0.4, 0.5) is 17.1 Å². The van der Waals surface area contributed by atoms with Gasteiger partial charge in [0.05, 0.1) is 12.1 Å². The van der Waals surface area contributed by atoms with E-state index in [9.17, 15) is 0 Å². The van der Waals surface area contributed by atoms with Crippen LogP contribution in [-0.2, 0) is 5.41 Å². The van der Waals surface area contributed by atoms with E-state index in [-0.39, 0.29) is 11.5 Å². The first-order valence-electron chi connectivity index (χ1n) is 19.2. The molecule has 2 aliphatic heterocycles. The van der Waals surface area contributed by atoms with E-state index in [1.807, 2.05) is 0 Å². The Balaban J connectivity index is 0.972. The third-order valence-corrected chi connectivity index (χ3v) is 12.9. The van der Waals surface area contributed by atoms with Crippen molar-refractivity contribution in [3.8, 4) is 11.1 Å². The molecule has 4 aromatic rings. The summed E-state index contributed by atoms with van der Waals surface area (Å²) in [6.45, 7) is 2.43. The molecule has 0 saturated carbocycles. The minimum absolute atomic E-state index is 0.107. The number of rotatable bonds is 5. The molecule has 0 amide bonds. The molecule has 4 aromatic carbocycles. The Morgan fingerprint density at radius 2 is 1.61 bits per heavy atom. The molecule has 0 aromatic heterocycles. The molecule has 0 saturated heterocycles. The number of para-hydroxylation sites is 1. The van der Waals surface area contributed by atoms with Crippen molar-refractivity contribution in [2.24, 2.45) is 5.92 Å². The van der Waals surface area contributed by atoms with Gasteiger partial charge in [0, 0.05) is 40.4 Å². The van der Waals surface area contributed by atoms with Crippen molar-refractivity contribution >= 4 is 17.1 Å². The fourth-order valence-electron chi connectivity index (χ4n) is 10.2. The first-order chi connectivity index (χ1) is 25.2. The predicted molar refractivity (Wildman–Crippen MR) is 214 cm³/mol. The highest BCUT2D eigenvalue weighted by Crippen LogP contribution is 2.54. The Morgan fingerprint density at radius 1 is 0.725 bits per heavy atom. The normalized spacial score (nSPS) is 29.8. The van der Waals surface area contributed by atoms with Gasteiger partial charge in [0.2, 0.25) is 0 Å². The van der Waals surface area contributed by atoms with E-state index < -0.39 is 0 Å². The van der Waals surface area contributed by atoms with Gasteiger partial charge in [-0.05, 0) is 103 Å². The Hall–Kier alpha value is -5.08. The number of nitrogens with zero attached hydrogens (tertiary/aromatic N) is 2. The van der Waals surface area contributed by atoms with E-state index in [1.54, 1.807) is 5.57 Å². The fraction of sp³-hybridized carbons (Fsp3) is 0.265. The second-order valence-corrected chi connectivity index (χ2v) is 15.7. The van der Waals surface area contributed by atoms with Gasteiger partial charge < -0.3 is 9.80 Å². The highest BCUT2D eigenvalue weighted by Gasteiger charge is 2.47. The standard InChI is InChI=1S/C49H46N2/c1-49-30-11-10-21-48(49)51(41-18-12-17-37(31-41)35-15-6-3-7-16-35)46-29-25-38(32-44(46)49)39-24-28-43-42-19-8-9-20-45(42)50(47(43)33-39)40-26-22-36(23-27-40)34-13-4-2-5-14-34/h2-4,6-12,15-26,28-32,34,39-40,43,47-48H,5,13-14,27,33H2,1H3/t34?,39?,40?,43?,47?,48?,49-/m1/s1. The van der Waals surface area contributed by atoms with Gasteiger partial charge in [-0.1, -0.05) is 140 Å². The summed E-state index contributed by atoms with van der Waals surface area (Å²) in [6.07, 6.45) is 32.6. The largest absolute Gasteiger partial charge is 0.361 e. The average Bonchev–Trinajstić information content (AvgIpc) is 3.67. The van der Waals surface area contributed by atoms with Crippen molar-refractivity contribution in [2.45, 2.75) is 74.4 Å². The number of hydrogen-bond donors (Lipinski definition) is 0. The highest BCUT2D eigenvalue weighted by atomic mass is 15.2. The molecular weight excluding hydrogens is 617 g/mol. The Kier molecular flexibility index (Phi) is 7.41. The van der Waals surface area contributed by atoms with Crippen molar-refractivity contribution in [2.75, 3.05) is 9.80 Å². The van der Waals surface area contributed by atoms with Gasteiger partial charge >= 0.3 is 0 Å². The summed E-state index contributed by atoms with van der Waals surface area (Å²) in [4.78, 5) is 5.37. The zero-order chi connectivity index (χ0) is 33.9. The number of anilines is 3. The SMILES string of the molecule is C[C@]12C=CC=CC1N(c1cccc(-c3ccccc3)c1)c1ccc(C3C=CC4c5ccccc5N(C5C=CC(C6CC=CCC6)=CC5)C4C3)cc12. The molecule has 0 bridgehead atoms. The van der Waals surface area contributed by atoms with Crippen LogP contribution in [0.2, 0.25) is 0 Å². The van der Waals surface area contributed by atoms with E-state index in [0.29, 0.717) is 29.8 Å². The molecular formula is C49H46N2. The quantitative estimate of drug-likeness (QED) is 0.196. The van der Waals surface area contributed by atoms with Crippen molar-refractivity contribution in [3.63, 3.8) is 0 Å². The molecule has 0 N–H and O–H groups in total. The van der Waals surface area contributed by atoms with Crippen LogP contribution < -0.4 is 9.80 Å². The van der Waals surface area contributed by atoms with Crippen molar-refractivity contribution in [3.05, 3.63) is 186 Å². The van der Waals surface area contributed by atoms with E-state index in [0.717, 1.165) is 12.8 Å². The van der Waals surface area contributed by atoms with Crippen LogP contribution >= 0.6 is 0 Å². The number of fused-ring (bicyclic) bond motifs is 6. The van der Waals surface area contributed by atoms with Crippen LogP contribution in [0.5, 0.6) is 0 Å². The van der Waals surface area contributed by atoms with Gasteiger partial charge in [0.15, 0.2) is 0 Å². The monoisotopic (exact) mass is 662 g/mol. The van der Waals surface area contributed by atoms with Gasteiger partial charge in [-0.25, -0.2) is 0 Å². The van der Waals surface area contributed by atoms with Crippen LogP contribution in [-0.4, -0.2) is 18.1 Å². The van der Waals surface area contributed by atoms with Crippen LogP contribution in [0.25, 0.3) is 11.1 Å². The Labute approximate surface area is 303 Å². The summed E-state index contributed by atoms with van der Waals surface area (Å²) in [7, 11) is 0. The molecule has 0 radical (unpaired) electrons. The molecule has 2 nitrogen and oxygen atoms in total. The second kappa shape index (κ2) is 12.3. The molecule has 0 fully saturated rings. The second-order valence-electron chi connectivity index (χ2n) is 15.7. The van der Waals surface area contributed by atoms with Crippen LogP contribution in [0.3, 0.4) is 0 Å². The molecule has 0 spiro atoms. The van der Waals surface area contributed by atoms with Crippen LogP contribution in [0.15, 0.2) is 169 Å². The smallest absolute Gasteiger partial charge is 0.0655 e. The summed E-state index contributed by atoms with van der Waals surface area (Å²) in [5, 5.41) is 0. The lowest BCUT2D eigenvalue weighted by atomic mass is 9.74. The molecule has 10 rings (SSSR count). The topological polar surface area (TPSA) is 6.48 Å². The first-order valence-corrected chi connectivity index (χ1v) is 19.2. The summed E-state index contributed by atoms with van der Waals surface area (Å²) in [6, 6.07) is 37.5. The average molecular weight is 663 g/mol. The highest BCUT2D eigenvalue weighted by molar-refractivity contribution is 5.80. The predicted octanol–water partition coefficient (Wildman–Crippen LogP) is 11.9. The summed E-state index contributed by atoms with van der Waals surface area (Å²) in [5.74, 6) is 1.50. The van der Waals surface area contributed by atoms with Gasteiger partial charge in [0.25, 0.3) is 0 Å². The van der Waals surface area contributed by atoms with E-state index >= 15 is 0 Å². The maximum atomic E-state index is 2.79. The van der Waals surface area contributed by atoms with E-state index in [2.05, 4.69) is 181 Å². The lowest BCUT2D eigenvalue weighted by molar-refractivity contribution is 0.471. The maximum Gasteiger partial charge on any atom is 0.0655 e.